The topological polar surface area (TPSA) is 90.6 Å². The molecular weight excluding hydrogens is 250 g/mol. The number of carbonyl (C=O) groups excluding carboxylic acids is 1. The highest BCUT2D eigenvalue weighted by atomic mass is 16.7. The van der Waals surface area contributed by atoms with Crippen LogP contribution in [-0.2, 0) is 9.57 Å². The van der Waals surface area contributed by atoms with Crippen LogP contribution in [0.3, 0.4) is 0 Å². The third-order valence-corrected chi connectivity index (χ3v) is 2.38. The molecule has 8 nitrogen and oxygen atoms in total. The van der Waals surface area contributed by atoms with E-state index in [9.17, 15) is 4.79 Å². The minimum atomic E-state index is -0.515. The Hall–Kier alpha value is -2.06. The fourth-order valence-electron chi connectivity index (χ4n) is 1.55. The van der Waals surface area contributed by atoms with Crippen LogP contribution in [0.2, 0.25) is 0 Å². The maximum atomic E-state index is 11.7. The molecule has 102 valence electrons. The van der Waals surface area contributed by atoms with Crippen LogP contribution in [0, 0.1) is 13.8 Å². The van der Waals surface area contributed by atoms with Gasteiger partial charge in [0.15, 0.2) is 0 Å². The molecule has 0 saturated carbocycles. The first kappa shape index (κ1) is 13.4. The molecule has 0 aliphatic rings. The Labute approximate surface area is 109 Å². The van der Waals surface area contributed by atoms with E-state index in [0.29, 0.717) is 12.4 Å². The van der Waals surface area contributed by atoms with Crippen LogP contribution in [0.25, 0.3) is 5.78 Å². The van der Waals surface area contributed by atoms with Gasteiger partial charge in [0.1, 0.15) is 0 Å². The molecule has 0 aliphatic carbocycles. The predicted molar refractivity (Wildman–Crippen MR) is 65.6 cm³/mol. The Kier molecular flexibility index (Phi) is 4.03. The summed E-state index contributed by atoms with van der Waals surface area (Å²) in [4.78, 5) is 24.9. The quantitative estimate of drug-likeness (QED) is 0.606. The lowest BCUT2D eigenvalue weighted by atomic mass is 10.4. The molecule has 0 fully saturated rings. The molecule has 1 N–H and O–H groups in total. The Balaban J connectivity index is 2.12. The highest BCUT2D eigenvalue weighted by Crippen LogP contribution is 2.05. The second-order valence-corrected chi connectivity index (χ2v) is 3.96. The number of methoxy groups -OCH3 is 1. The number of nitrogens with one attached hydrogen (secondary N) is 1. The molecule has 2 heterocycles. The van der Waals surface area contributed by atoms with Crippen LogP contribution in [0.5, 0.6) is 0 Å². The number of hydrogen-bond acceptors (Lipinski definition) is 6. The van der Waals surface area contributed by atoms with Crippen LogP contribution in [0.15, 0.2) is 6.07 Å². The Morgan fingerprint density at radius 2 is 2.16 bits per heavy atom. The summed E-state index contributed by atoms with van der Waals surface area (Å²) < 4.78 is 6.30. The third-order valence-electron chi connectivity index (χ3n) is 2.38. The van der Waals surface area contributed by atoms with Gasteiger partial charge in [-0.2, -0.15) is 4.98 Å². The first-order valence-corrected chi connectivity index (χ1v) is 5.74. The number of ether oxygens (including phenoxy) is 1. The second-order valence-electron chi connectivity index (χ2n) is 3.96. The Bertz CT molecular complexity index is 595. The summed E-state index contributed by atoms with van der Waals surface area (Å²) in [6, 6.07) is 1.86. The molecule has 0 aromatic carbocycles. The van der Waals surface area contributed by atoms with Crippen LogP contribution < -0.4 is 5.48 Å². The van der Waals surface area contributed by atoms with Gasteiger partial charge >= 0.3 is 5.91 Å². The lowest BCUT2D eigenvalue weighted by molar-refractivity contribution is 0.00826. The SMILES string of the molecule is COCCONC(=O)c1nc2nc(C)cc(C)n2n1. The molecule has 2 rings (SSSR count). The number of aromatic nitrogens is 4. The minimum Gasteiger partial charge on any atom is -0.382 e. The number of nitrogens with zero attached hydrogens (tertiary/aromatic N) is 4. The van der Waals surface area contributed by atoms with Crippen LogP contribution in [0.1, 0.15) is 22.0 Å². The molecule has 0 bridgehead atoms. The number of carbonyl (C=O) groups is 1. The van der Waals surface area contributed by atoms with Crippen molar-refractivity contribution in [1.29, 1.82) is 0 Å². The van der Waals surface area contributed by atoms with Crippen molar-refractivity contribution in [2.45, 2.75) is 13.8 Å². The molecule has 0 spiro atoms. The van der Waals surface area contributed by atoms with Gasteiger partial charge in [-0.05, 0) is 19.9 Å². The van der Waals surface area contributed by atoms with Crippen molar-refractivity contribution in [3.8, 4) is 0 Å². The molecule has 0 unspecified atom stereocenters. The summed E-state index contributed by atoms with van der Waals surface area (Å²) in [5.74, 6) is -0.114. The van der Waals surface area contributed by atoms with Crippen molar-refractivity contribution in [2.24, 2.45) is 0 Å². The van der Waals surface area contributed by atoms with Gasteiger partial charge < -0.3 is 4.74 Å². The lowest BCUT2D eigenvalue weighted by Crippen LogP contribution is -2.26. The standard InChI is InChI=1S/C11H15N5O3/c1-7-6-8(2)16-11(12-7)13-9(14-16)10(17)15-19-5-4-18-3/h6H,4-5H2,1-3H3,(H,15,17). The van der Waals surface area contributed by atoms with Crippen molar-refractivity contribution < 1.29 is 14.4 Å². The first-order chi connectivity index (χ1) is 9.11. The number of amides is 1. The van der Waals surface area contributed by atoms with Crippen LogP contribution in [0.4, 0.5) is 0 Å². The van der Waals surface area contributed by atoms with E-state index < -0.39 is 5.91 Å². The van der Waals surface area contributed by atoms with E-state index in [2.05, 4.69) is 20.5 Å². The third kappa shape index (κ3) is 3.04. The molecule has 0 aliphatic heterocycles. The van der Waals surface area contributed by atoms with Crippen LogP contribution in [-0.4, -0.2) is 45.8 Å². The number of hydrogen-bond donors (Lipinski definition) is 1. The van der Waals surface area contributed by atoms with Gasteiger partial charge in [0.2, 0.25) is 5.82 Å². The van der Waals surface area contributed by atoms with Gasteiger partial charge in [-0.1, -0.05) is 0 Å². The predicted octanol–water partition coefficient (Wildman–Crippen LogP) is 0.0489. The fraction of sp³-hybridized carbons (Fsp3) is 0.455. The minimum absolute atomic E-state index is 0.0126. The summed E-state index contributed by atoms with van der Waals surface area (Å²) in [5.41, 5.74) is 3.92. The highest BCUT2D eigenvalue weighted by molar-refractivity contribution is 5.89. The fourth-order valence-corrected chi connectivity index (χ4v) is 1.55. The molecular formula is C11H15N5O3. The van der Waals surface area contributed by atoms with Crippen LogP contribution >= 0.6 is 0 Å². The summed E-state index contributed by atoms with van der Waals surface area (Å²) >= 11 is 0. The van der Waals surface area contributed by atoms with Crippen molar-refractivity contribution in [3.05, 3.63) is 23.3 Å². The Morgan fingerprint density at radius 3 is 2.89 bits per heavy atom. The van der Waals surface area contributed by atoms with E-state index in [0.717, 1.165) is 11.4 Å². The smallest absolute Gasteiger partial charge is 0.314 e. The number of hydroxylamine groups is 1. The molecule has 19 heavy (non-hydrogen) atoms. The zero-order chi connectivity index (χ0) is 13.8. The van der Waals surface area contributed by atoms with E-state index in [1.165, 1.54) is 4.52 Å². The van der Waals surface area contributed by atoms with Crippen molar-refractivity contribution in [1.82, 2.24) is 25.1 Å². The van der Waals surface area contributed by atoms with Gasteiger partial charge in [0, 0.05) is 18.5 Å². The molecule has 2 aromatic heterocycles. The van der Waals surface area contributed by atoms with E-state index in [1.807, 2.05) is 19.9 Å². The van der Waals surface area contributed by atoms with Gasteiger partial charge in [-0.15, -0.1) is 5.10 Å². The second kappa shape index (κ2) is 5.72. The summed E-state index contributed by atoms with van der Waals surface area (Å²) in [6.07, 6.45) is 0. The van der Waals surface area contributed by atoms with Gasteiger partial charge in [-0.25, -0.2) is 15.0 Å². The largest absolute Gasteiger partial charge is 0.382 e. The molecule has 1 amide bonds. The van der Waals surface area contributed by atoms with Gasteiger partial charge in [0.05, 0.1) is 13.2 Å². The first-order valence-electron chi connectivity index (χ1n) is 5.74. The number of rotatable bonds is 5. The van der Waals surface area contributed by atoms with E-state index >= 15 is 0 Å². The maximum Gasteiger partial charge on any atom is 0.314 e. The van der Waals surface area contributed by atoms with Crippen molar-refractivity contribution in [3.63, 3.8) is 0 Å². The number of aryl methyl sites for hydroxylation is 2. The van der Waals surface area contributed by atoms with Gasteiger partial charge in [0.25, 0.3) is 5.78 Å². The average molecular weight is 265 g/mol. The van der Waals surface area contributed by atoms with Gasteiger partial charge in [-0.3, -0.25) is 9.63 Å². The maximum absolute atomic E-state index is 11.7. The lowest BCUT2D eigenvalue weighted by Gasteiger charge is -2.01. The van der Waals surface area contributed by atoms with E-state index in [4.69, 9.17) is 9.57 Å². The van der Waals surface area contributed by atoms with Crippen molar-refractivity contribution >= 4 is 11.7 Å². The monoisotopic (exact) mass is 265 g/mol. The summed E-state index contributed by atoms with van der Waals surface area (Å²) in [7, 11) is 1.55. The summed E-state index contributed by atoms with van der Waals surface area (Å²) in [6.45, 7) is 4.37. The zero-order valence-electron chi connectivity index (χ0n) is 11.0. The molecule has 0 saturated heterocycles. The van der Waals surface area contributed by atoms with E-state index in [1.54, 1.807) is 7.11 Å². The molecule has 8 heteroatoms. The number of fused-ring (bicyclic) bond motifs is 1. The molecule has 2 aromatic rings. The Morgan fingerprint density at radius 1 is 1.37 bits per heavy atom. The normalized spacial score (nSPS) is 10.9. The molecule has 0 atom stereocenters. The molecule has 0 radical (unpaired) electrons. The zero-order valence-corrected chi connectivity index (χ0v) is 11.0. The van der Waals surface area contributed by atoms with Crippen molar-refractivity contribution in [2.75, 3.05) is 20.3 Å². The van der Waals surface area contributed by atoms with E-state index in [-0.39, 0.29) is 12.4 Å². The highest BCUT2D eigenvalue weighted by Gasteiger charge is 2.14. The summed E-state index contributed by atoms with van der Waals surface area (Å²) in [5, 5.41) is 4.07. The average Bonchev–Trinajstić information content (AvgIpc) is 2.78.